The smallest absolute Gasteiger partial charge is 0.243 e. The number of hydrogen-bond acceptors (Lipinski definition) is 7. The quantitative estimate of drug-likeness (QED) is 0.155. The highest BCUT2D eigenvalue weighted by molar-refractivity contribution is 7.09. The van der Waals surface area contributed by atoms with Crippen molar-refractivity contribution in [3.8, 4) is 5.82 Å². The first-order valence-electron chi connectivity index (χ1n) is 12.3. The van der Waals surface area contributed by atoms with Crippen LogP contribution in [-0.4, -0.2) is 31.5 Å². The highest BCUT2D eigenvalue weighted by Crippen LogP contribution is 2.23. The summed E-state index contributed by atoms with van der Waals surface area (Å²) in [5, 5.41) is 13.1. The zero-order valence-corrected chi connectivity index (χ0v) is 24.1. The third-order valence-electron chi connectivity index (χ3n) is 5.90. The number of amides is 1. The Morgan fingerprint density at radius 2 is 1.82 bits per heavy atom. The second-order valence-corrected chi connectivity index (χ2v) is 11.1. The molecule has 0 spiro atoms. The van der Waals surface area contributed by atoms with Crippen molar-refractivity contribution in [1.82, 2.24) is 24.8 Å². The zero-order valence-electron chi connectivity index (χ0n) is 21.0. The molecule has 0 radical (unpaired) electrons. The average Bonchev–Trinajstić information content (AvgIpc) is 3.67. The van der Waals surface area contributed by atoms with Gasteiger partial charge in [0.1, 0.15) is 24.0 Å². The summed E-state index contributed by atoms with van der Waals surface area (Å²) in [6.07, 6.45) is 5.59. The van der Waals surface area contributed by atoms with Crippen LogP contribution in [0.15, 0.2) is 84.8 Å². The number of anilines is 2. The summed E-state index contributed by atoms with van der Waals surface area (Å²) < 4.78 is 1.77. The molecule has 0 aliphatic heterocycles. The minimum atomic E-state index is -0.604. The second-order valence-electron chi connectivity index (χ2n) is 8.84. The summed E-state index contributed by atoms with van der Waals surface area (Å²) in [4.78, 5) is 27.9. The van der Waals surface area contributed by atoms with Crippen molar-refractivity contribution in [3.63, 3.8) is 0 Å². The molecule has 0 saturated carbocycles. The first kappa shape index (κ1) is 27.9. The number of hydrogen-bond donors (Lipinski definition) is 3. The Kier molecular flexibility index (Phi) is 9.18. The Hall–Kier alpha value is -3.63. The van der Waals surface area contributed by atoms with E-state index in [1.54, 1.807) is 52.8 Å². The highest BCUT2D eigenvalue weighted by Gasteiger charge is 2.21. The van der Waals surface area contributed by atoms with E-state index in [2.05, 4.69) is 30.9 Å². The molecule has 3 N–H and O–H groups in total. The SMILES string of the molecule is O=C(NCc1ccc(Cl)c(Cl)c1)C(Cc1cccs1)Nc1cc(-n2ccnc2)nc(NCc2cccc(Cl)c2)n1. The van der Waals surface area contributed by atoms with E-state index in [0.717, 1.165) is 16.0 Å². The highest BCUT2D eigenvalue weighted by atomic mass is 35.5. The van der Waals surface area contributed by atoms with E-state index in [-0.39, 0.29) is 5.91 Å². The van der Waals surface area contributed by atoms with Gasteiger partial charge in [-0.05, 0) is 46.8 Å². The topological polar surface area (TPSA) is 96.8 Å². The van der Waals surface area contributed by atoms with Crippen molar-refractivity contribution < 1.29 is 4.79 Å². The molecule has 1 atom stereocenters. The number of thiophene rings is 1. The molecule has 40 heavy (non-hydrogen) atoms. The van der Waals surface area contributed by atoms with Crippen LogP contribution in [0.4, 0.5) is 11.8 Å². The molecule has 204 valence electrons. The molecule has 5 rings (SSSR count). The number of carbonyl (C=O) groups is 1. The van der Waals surface area contributed by atoms with Crippen LogP contribution in [0.3, 0.4) is 0 Å². The Morgan fingerprint density at radius 1 is 0.950 bits per heavy atom. The van der Waals surface area contributed by atoms with E-state index < -0.39 is 6.04 Å². The van der Waals surface area contributed by atoms with Crippen LogP contribution in [-0.2, 0) is 24.3 Å². The van der Waals surface area contributed by atoms with Gasteiger partial charge in [-0.2, -0.15) is 9.97 Å². The summed E-state index contributed by atoms with van der Waals surface area (Å²) in [7, 11) is 0. The molecule has 0 bridgehead atoms. The van der Waals surface area contributed by atoms with Crippen LogP contribution in [0.5, 0.6) is 0 Å². The number of benzene rings is 2. The molecular formula is C28H24Cl3N7OS. The molecule has 2 aromatic carbocycles. The average molecular weight is 613 g/mol. The lowest BCUT2D eigenvalue weighted by Gasteiger charge is -2.20. The van der Waals surface area contributed by atoms with E-state index in [0.29, 0.717) is 52.2 Å². The maximum atomic E-state index is 13.4. The van der Waals surface area contributed by atoms with E-state index >= 15 is 0 Å². The van der Waals surface area contributed by atoms with Crippen molar-refractivity contribution in [1.29, 1.82) is 0 Å². The molecule has 0 aliphatic carbocycles. The van der Waals surface area contributed by atoms with Crippen molar-refractivity contribution >= 4 is 63.8 Å². The fourth-order valence-electron chi connectivity index (χ4n) is 3.92. The van der Waals surface area contributed by atoms with Gasteiger partial charge in [-0.15, -0.1) is 11.3 Å². The van der Waals surface area contributed by atoms with Crippen molar-refractivity contribution in [2.24, 2.45) is 0 Å². The number of nitrogens with one attached hydrogen (secondary N) is 3. The van der Waals surface area contributed by atoms with Crippen molar-refractivity contribution in [3.05, 3.63) is 116 Å². The lowest BCUT2D eigenvalue weighted by atomic mass is 10.1. The van der Waals surface area contributed by atoms with Crippen LogP contribution in [0, 0.1) is 0 Å². The molecule has 0 fully saturated rings. The minimum absolute atomic E-state index is 0.185. The molecule has 1 amide bonds. The standard InChI is InChI=1S/C28H24Cl3N7OS/c29-20-4-1-3-18(11-20)16-34-28-36-25(14-26(37-28)38-9-8-32-17-38)35-24(13-21-5-2-10-40-21)27(39)33-15-19-6-7-22(30)23(31)12-19/h1-12,14,17,24H,13,15-16H2,(H,33,39)(H2,34,35,36,37). The predicted molar refractivity (Wildman–Crippen MR) is 162 cm³/mol. The number of halogens is 3. The first-order valence-corrected chi connectivity index (χ1v) is 14.3. The summed E-state index contributed by atoms with van der Waals surface area (Å²) in [5.41, 5.74) is 1.82. The molecule has 12 heteroatoms. The fraction of sp³-hybridized carbons (Fsp3) is 0.143. The molecule has 3 aromatic heterocycles. The van der Waals surface area contributed by atoms with Crippen molar-refractivity contribution in [2.75, 3.05) is 10.6 Å². The summed E-state index contributed by atoms with van der Waals surface area (Å²) >= 11 is 19.9. The molecule has 3 heterocycles. The lowest BCUT2D eigenvalue weighted by molar-refractivity contribution is -0.122. The van der Waals surface area contributed by atoms with Crippen LogP contribution < -0.4 is 16.0 Å². The zero-order chi connectivity index (χ0) is 27.9. The van der Waals surface area contributed by atoms with Crippen LogP contribution in [0.2, 0.25) is 15.1 Å². The van der Waals surface area contributed by atoms with Gasteiger partial charge in [-0.1, -0.05) is 59.1 Å². The van der Waals surface area contributed by atoms with Crippen molar-refractivity contribution in [2.45, 2.75) is 25.6 Å². The fourth-order valence-corrected chi connectivity index (χ4v) is 5.21. The Bertz CT molecular complexity index is 1580. The third kappa shape index (κ3) is 7.51. The monoisotopic (exact) mass is 611 g/mol. The lowest BCUT2D eigenvalue weighted by Crippen LogP contribution is -2.41. The van der Waals surface area contributed by atoms with Gasteiger partial charge in [0.05, 0.1) is 10.0 Å². The molecule has 1 unspecified atom stereocenters. The van der Waals surface area contributed by atoms with E-state index in [1.807, 2.05) is 47.8 Å². The minimum Gasteiger partial charge on any atom is -0.358 e. The van der Waals surface area contributed by atoms with E-state index in [4.69, 9.17) is 34.8 Å². The van der Waals surface area contributed by atoms with Crippen LogP contribution in [0.25, 0.3) is 5.82 Å². The number of nitrogens with zero attached hydrogens (tertiary/aromatic N) is 4. The van der Waals surface area contributed by atoms with Gasteiger partial charge in [0.25, 0.3) is 0 Å². The van der Waals surface area contributed by atoms with Gasteiger partial charge in [0, 0.05) is 47.9 Å². The molecule has 8 nitrogen and oxygen atoms in total. The number of imidazole rings is 1. The summed E-state index contributed by atoms with van der Waals surface area (Å²) in [6.45, 7) is 0.769. The Labute approximate surface area is 250 Å². The van der Waals surface area contributed by atoms with Gasteiger partial charge in [0.2, 0.25) is 11.9 Å². The van der Waals surface area contributed by atoms with E-state index in [9.17, 15) is 4.79 Å². The molecule has 5 aromatic rings. The summed E-state index contributed by atoms with van der Waals surface area (Å²) in [6, 6.07) is 18.0. The summed E-state index contributed by atoms with van der Waals surface area (Å²) in [5.74, 6) is 1.28. The third-order valence-corrected chi connectivity index (χ3v) is 7.77. The first-order chi connectivity index (χ1) is 19.4. The number of aromatic nitrogens is 4. The van der Waals surface area contributed by atoms with Gasteiger partial charge in [-0.3, -0.25) is 9.36 Å². The van der Waals surface area contributed by atoms with Gasteiger partial charge < -0.3 is 16.0 Å². The number of carbonyl (C=O) groups excluding carboxylic acids is 1. The second kappa shape index (κ2) is 13.1. The number of rotatable bonds is 11. The van der Waals surface area contributed by atoms with Crippen LogP contribution in [0.1, 0.15) is 16.0 Å². The molecule has 0 saturated heterocycles. The Balaban J connectivity index is 1.38. The molecular weight excluding hydrogens is 589 g/mol. The largest absolute Gasteiger partial charge is 0.358 e. The predicted octanol–water partition coefficient (Wildman–Crippen LogP) is 6.64. The van der Waals surface area contributed by atoms with Gasteiger partial charge in [-0.25, -0.2) is 4.98 Å². The normalized spacial score (nSPS) is 11.7. The van der Waals surface area contributed by atoms with E-state index in [1.165, 1.54) is 0 Å². The molecule has 0 aliphatic rings. The maximum Gasteiger partial charge on any atom is 0.243 e. The maximum absolute atomic E-state index is 13.4. The Morgan fingerprint density at radius 3 is 2.58 bits per heavy atom. The van der Waals surface area contributed by atoms with Gasteiger partial charge in [0.15, 0.2) is 0 Å². The van der Waals surface area contributed by atoms with Crippen LogP contribution >= 0.6 is 46.1 Å². The van der Waals surface area contributed by atoms with Gasteiger partial charge >= 0.3 is 0 Å².